The second kappa shape index (κ2) is 9.82. The van der Waals surface area contributed by atoms with Gasteiger partial charge in [-0.2, -0.15) is 0 Å². The lowest BCUT2D eigenvalue weighted by molar-refractivity contribution is -0.149. The van der Waals surface area contributed by atoms with Crippen LogP contribution in [0, 0.1) is 23.2 Å². The number of hydrogen-bond acceptors (Lipinski definition) is 6. The summed E-state index contributed by atoms with van der Waals surface area (Å²) in [4.78, 5) is 16.9. The van der Waals surface area contributed by atoms with Gasteiger partial charge < -0.3 is 25.3 Å². The summed E-state index contributed by atoms with van der Waals surface area (Å²) in [5.74, 6) is 1.56. The number of rotatable bonds is 4. The van der Waals surface area contributed by atoms with Crippen LogP contribution in [0.3, 0.4) is 0 Å². The Morgan fingerprint density at radius 2 is 1.53 bits per heavy atom. The highest BCUT2D eigenvalue weighted by molar-refractivity contribution is 5.79. The van der Waals surface area contributed by atoms with Gasteiger partial charge in [0.2, 0.25) is 5.91 Å². The molecule has 3 aliphatic rings. The molecule has 0 aromatic rings. The summed E-state index contributed by atoms with van der Waals surface area (Å²) in [5, 5.41) is 39.7. The van der Waals surface area contributed by atoms with Crippen molar-refractivity contribution in [2.24, 2.45) is 23.2 Å². The van der Waals surface area contributed by atoms with E-state index in [1.54, 1.807) is 0 Å². The van der Waals surface area contributed by atoms with Crippen molar-refractivity contribution < 1.29 is 25.2 Å². The summed E-state index contributed by atoms with van der Waals surface area (Å²) < 4.78 is 0. The summed E-state index contributed by atoms with van der Waals surface area (Å²) >= 11 is 0. The van der Waals surface area contributed by atoms with Crippen molar-refractivity contribution >= 4 is 5.91 Å². The van der Waals surface area contributed by atoms with Gasteiger partial charge in [0.25, 0.3) is 0 Å². The Bertz CT molecular complexity index is 564. The van der Waals surface area contributed by atoms with Crippen molar-refractivity contribution in [1.29, 1.82) is 0 Å². The molecule has 1 aliphatic carbocycles. The summed E-state index contributed by atoms with van der Waals surface area (Å²) in [5.41, 5.74) is 0.324. The predicted octanol–water partition coefficient (Wildman–Crippen LogP) is 0.837. The number of aliphatic hydroxyl groups excluding tert-OH is 4. The van der Waals surface area contributed by atoms with Crippen LogP contribution in [-0.4, -0.2) is 93.3 Å². The van der Waals surface area contributed by atoms with Crippen LogP contribution in [0.5, 0.6) is 0 Å². The minimum atomic E-state index is -1.22. The van der Waals surface area contributed by atoms with Gasteiger partial charge in [0.1, 0.15) is 12.2 Å². The fourth-order valence-corrected chi connectivity index (χ4v) is 5.72. The van der Waals surface area contributed by atoms with Crippen molar-refractivity contribution in [2.45, 2.75) is 83.6 Å². The van der Waals surface area contributed by atoms with Crippen molar-refractivity contribution in [3.05, 3.63) is 0 Å². The molecule has 7 nitrogen and oxygen atoms in total. The van der Waals surface area contributed by atoms with Gasteiger partial charge in [-0.15, -0.1) is 0 Å². The maximum absolute atomic E-state index is 13.0. The summed E-state index contributed by atoms with van der Waals surface area (Å²) in [6, 6.07) is -0.555. The Kier molecular flexibility index (Phi) is 7.83. The molecule has 2 saturated heterocycles. The number of likely N-dealkylation sites (tertiary alicyclic amines) is 2. The molecule has 0 spiro atoms. The quantitative estimate of drug-likeness (QED) is 0.531. The van der Waals surface area contributed by atoms with E-state index < -0.39 is 24.4 Å². The average Bonchev–Trinajstić information content (AvgIpc) is 2.72. The minimum Gasteiger partial charge on any atom is -0.395 e. The lowest BCUT2D eigenvalue weighted by atomic mass is 9.69. The minimum absolute atomic E-state index is 0.174. The fraction of sp³-hybridized carbons (Fsp3) is 0.957. The van der Waals surface area contributed by atoms with Crippen LogP contribution in [0.4, 0.5) is 0 Å². The van der Waals surface area contributed by atoms with Crippen molar-refractivity contribution in [2.75, 3.05) is 32.8 Å². The van der Waals surface area contributed by atoms with Crippen molar-refractivity contribution in [3.63, 3.8) is 0 Å². The number of β-amino-alcohol motifs (C(OH)–C–C–N with tert-alkyl or cyclic N) is 1. The highest BCUT2D eigenvalue weighted by atomic mass is 16.4. The Morgan fingerprint density at radius 1 is 0.933 bits per heavy atom. The van der Waals surface area contributed by atoms with E-state index in [0.29, 0.717) is 29.7 Å². The third kappa shape index (κ3) is 5.36. The Labute approximate surface area is 181 Å². The molecule has 2 heterocycles. The van der Waals surface area contributed by atoms with Crippen LogP contribution in [0.25, 0.3) is 0 Å². The molecule has 3 fully saturated rings. The molecule has 0 aromatic heterocycles. The normalized spacial score (nSPS) is 37.4. The number of nitrogens with zero attached hydrogens (tertiary/aromatic N) is 2. The second-order valence-electron chi connectivity index (χ2n) is 10.9. The first-order valence-corrected chi connectivity index (χ1v) is 11.8. The van der Waals surface area contributed by atoms with Crippen LogP contribution in [-0.2, 0) is 4.79 Å². The van der Waals surface area contributed by atoms with E-state index in [4.69, 9.17) is 0 Å². The first kappa shape index (κ1) is 23.9. The van der Waals surface area contributed by atoms with Gasteiger partial charge in [0.05, 0.1) is 18.8 Å². The van der Waals surface area contributed by atoms with Crippen LogP contribution < -0.4 is 0 Å². The van der Waals surface area contributed by atoms with Gasteiger partial charge in [-0.05, 0) is 55.8 Å². The van der Waals surface area contributed by atoms with E-state index in [1.807, 2.05) is 9.80 Å². The maximum Gasteiger partial charge on any atom is 0.225 e. The Morgan fingerprint density at radius 3 is 2.07 bits per heavy atom. The standard InChI is InChI=1S/C23H42N2O5/c1-23(2,3)17-6-4-16(5-7-17)22(30)24-10-8-15(9-11-24)12-25-13-19(27)21(29)20(28)18(25)14-26/h15-21,26-29H,4-14H2,1-3H3/t16-,17+,18-,19+,20-,21-/m1/s1. The Balaban J connectivity index is 1.46. The average molecular weight is 427 g/mol. The van der Waals surface area contributed by atoms with Gasteiger partial charge >= 0.3 is 0 Å². The largest absolute Gasteiger partial charge is 0.395 e. The van der Waals surface area contributed by atoms with Gasteiger partial charge in [-0.3, -0.25) is 9.69 Å². The molecule has 0 bridgehead atoms. The number of amides is 1. The third-order valence-corrected chi connectivity index (χ3v) is 7.94. The predicted molar refractivity (Wildman–Crippen MR) is 115 cm³/mol. The monoisotopic (exact) mass is 426 g/mol. The topological polar surface area (TPSA) is 104 Å². The van der Waals surface area contributed by atoms with Crippen LogP contribution in [0.1, 0.15) is 59.3 Å². The number of hydrogen-bond donors (Lipinski definition) is 4. The first-order chi connectivity index (χ1) is 14.1. The highest BCUT2D eigenvalue weighted by Gasteiger charge is 2.42. The van der Waals surface area contributed by atoms with E-state index in [9.17, 15) is 25.2 Å². The zero-order chi connectivity index (χ0) is 22.1. The van der Waals surface area contributed by atoms with E-state index in [1.165, 1.54) is 0 Å². The molecule has 4 atom stereocenters. The number of carbonyl (C=O) groups is 1. The molecule has 1 amide bonds. The Hall–Kier alpha value is -0.730. The van der Waals surface area contributed by atoms with Crippen molar-refractivity contribution in [1.82, 2.24) is 9.80 Å². The maximum atomic E-state index is 13.0. The number of aliphatic hydroxyl groups is 4. The zero-order valence-electron chi connectivity index (χ0n) is 18.9. The molecule has 0 unspecified atom stereocenters. The molecule has 2 aliphatic heterocycles. The molecular formula is C23H42N2O5. The summed E-state index contributed by atoms with van der Waals surface area (Å²) in [7, 11) is 0. The van der Waals surface area contributed by atoms with Gasteiger partial charge in [0.15, 0.2) is 0 Å². The molecule has 0 aromatic carbocycles. The third-order valence-electron chi connectivity index (χ3n) is 7.94. The molecule has 3 rings (SSSR count). The number of piperidine rings is 2. The SMILES string of the molecule is CC(C)(C)[C@H]1CC[C@@H](C(=O)N2CCC(CN3C[C@H](O)[C@@H](O)[C@H](O)[C@H]3CO)CC2)CC1. The van der Waals surface area contributed by atoms with E-state index >= 15 is 0 Å². The molecule has 30 heavy (non-hydrogen) atoms. The van der Waals surface area contributed by atoms with Crippen LogP contribution in [0.15, 0.2) is 0 Å². The van der Waals surface area contributed by atoms with Crippen LogP contribution in [0.2, 0.25) is 0 Å². The molecule has 174 valence electrons. The van der Waals surface area contributed by atoms with Crippen molar-refractivity contribution in [3.8, 4) is 0 Å². The van der Waals surface area contributed by atoms with E-state index in [-0.39, 0.29) is 19.1 Å². The zero-order valence-corrected chi connectivity index (χ0v) is 18.9. The first-order valence-electron chi connectivity index (χ1n) is 11.8. The van der Waals surface area contributed by atoms with Gasteiger partial charge in [-0.1, -0.05) is 20.8 Å². The molecule has 7 heteroatoms. The molecule has 4 N–H and O–H groups in total. The second-order valence-corrected chi connectivity index (χ2v) is 10.9. The molecular weight excluding hydrogens is 384 g/mol. The molecule has 1 saturated carbocycles. The lowest BCUT2D eigenvalue weighted by Crippen LogP contribution is -2.63. The lowest BCUT2D eigenvalue weighted by Gasteiger charge is -2.45. The number of carbonyl (C=O) groups excluding carboxylic acids is 1. The molecule has 0 radical (unpaired) electrons. The fourth-order valence-electron chi connectivity index (χ4n) is 5.72. The highest BCUT2D eigenvalue weighted by Crippen LogP contribution is 2.40. The van der Waals surface area contributed by atoms with E-state index in [0.717, 1.165) is 51.6 Å². The van der Waals surface area contributed by atoms with E-state index in [2.05, 4.69) is 20.8 Å². The van der Waals surface area contributed by atoms with Crippen LogP contribution >= 0.6 is 0 Å². The summed E-state index contributed by atoms with van der Waals surface area (Å²) in [6.45, 7) is 9.07. The summed E-state index contributed by atoms with van der Waals surface area (Å²) in [6.07, 6.45) is 2.71. The van der Waals surface area contributed by atoms with Gasteiger partial charge in [0, 0.05) is 32.1 Å². The van der Waals surface area contributed by atoms with Gasteiger partial charge in [-0.25, -0.2) is 0 Å². The smallest absolute Gasteiger partial charge is 0.225 e.